The maximum Gasteiger partial charge on any atom is 0.129 e. The van der Waals surface area contributed by atoms with E-state index in [1.807, 2.05) is 6.92 Å². The molecule has 0 amide bonds. The summed E-state index contributed by atoms with van der Waals surface area (Å²) in [5.41, 5.74) is 1.50. The predicted octanol–water partition coefficient (Wildman–Crippen LogP) is 4.38. The van der Waals surface area contributed by atoms with Crippen LogP contribution in [0.15, 0.2) is 18.2 Å². The molecule has 3 unspecified atom stereocenters. The summed E-state index contributed by atoms with van der Waals surface area (Å²) in [5.74, 6) is 0.488. The van der Waals surface area contributed by atoms with Crippen LogP contribution in [0, 0.1) is 24.6 Å². The normalized spacial score (nSPS) is 26.0. The van der Waals surface area contributed by atoms with Crippen LogP contribution in [0.2, 0.25) is 0 Å². The maximum atomic E-state index is 13.8. The zero-order chi connectivity index (χ0) is 13.1. The van der Waals surface area contributed by atoms with E-state index in [0.717, 1.165) is 24.8 Å². The molecule has 0 aliphatic heterocycles. The molecular formula is C16H23FO. The Morgan fingerprint density at radius 1 is 1.33 bits per heavy atom. The molecule has 18 heavy (non-hydrogen) atoms. The fourth-order valence-electron chi connectivity index (χ4n) is 3.28. The van der Waals surface area contributed by atoms with Gasteiger partial charge in [-0.15, -0.1) is 0 Å². The van der Waals surface area contributed by atoms with Crippen LogP contribution >= 0.6 is 0 Å². The molecule has 1 aliphatic carbocycles. The molecule has 0 radical (unpaired) electrons. The summed E-state index contributed by atoms with van der Waals surface area (Å²) in [5, 5.41) is 10.5. The highest BCUT2D eigenvalue weighted by Crippen LogP contribution is 2.40. The highest BCUT2D eigenvalue weighted by atomic mass is 19.1. The van der Waals surface area contributed by atoms with Crippen LogP contribution in [0.5, 0.6) is 0 Å². The van der Waals surface area contributed by atoms with Gasteiger partial charge < -0.3 is 5.11 Å². The number of hydrogen-bond acceptors (Lipinski definition) is 1. The van der Waals surface area contributed by atoms with Crippen molar-refractivity contribution in [3.05, 3.63) is 35.1 Å². The predicted molar refractivity (Wildman–Crippen MR) is 71.8 cm³/mol. The molecule has 1 fully saturated rings. The van der Waals surface area contributed by atoms with Crippen LogP contribution in [0.3, 0.4) is 0 Å². The Labute approximate surface area is 109 Å². The zero-order valence-electron chi connectivity index (χ0n) is 11.3. The monoisotopic (exact) mass is 250 g/mol. The van der Waals surface area contributed by atoms with Gasteiger partial charge in [0.2, 0.25) is 0 Å². The first-order chi connectivity index (χ1) is 8.63. The van der Waals surface area contributed by atoms with Gasteiger partial charge in [-0.05, 0) is 31.2 Å². The van der Waals surface area contributed by atoms with Crippen molar-refractivity contribution >= 4 is 0 Å². The molecule has 0 spiro atoms. The lowest BCUT2D eigenvalue weighted by atomic mass is 9.73. The van der Waals surface area contributed by atoms with Crippen molar-refractivity contribution < 1.29 is 9.50 Å². The fourth-order valence-corrected chi connectivity index (χ4v) is 3.28. The molecule has 0 aromatic heterocycles. The number of hydrogen-bond donors (Lipinski definition) is 1. The van der Waals surface area contributed by atoms with E-state index in [2.05, 4.69) is 6.92 Å². The van der Waals surface area contributed by atoms with E-state index < -0.39 is 6.10 Å². The van der Waals surface area contributed by atoms with Crippen LogP contribution in [0.4, 0.5) is 4.39 Å². The molecule has 1 aromatic rings. The highest BCUT2D eigenvalue weighted by molar-refractivity contribution is 5.26. The van der Waals surface area contributed by atoms with Crippen molar-refractivity contribution in [3.8, 4) is 0 Å². The molecule has 2 heteroatoms. The topological polar surface area (TPSA) is 20.2 Å². The van der Waals surface area contributed by atoms with E-state index in [1.54, 1.807) is 12.1 Å². The molecule has 100 valence electrons. The summed E-state index contributed by atoms with van der Waals surface area (Å²) >= 11 is 0. The third-order valence-electron chi connectivity index (χ3n) is 4.37. The average molecular weight is 250 g/mol. The molecule has 1 saturated carbocycles. The van der Waals surface area contributed by atoms with Gasteiger partial charge in [0.1, 0.15) is 5.82 Å². The zero-order valence-corrected chi connectivity index (χ0v) is 11.3. The molecule has 1 N–H and O–H groups in total. The molecule has 0 heterocycles. The van der Waals surface area contributed by atoms with Crippen molar-refractivity contribution in [2.75, 3.05) is 0 Å². The largest absolute Gasteiger partial charge is 0.388 e. The minimum Gasteiger partial charge on any atom is -0.388 e. The lowest BCUT2D eigenvalue weighted by Gasteiger charge is -2.34. The van der Waals surface area contributed by atoms with Crippen LogP contribution in [0.1, 0.15) is 56.3 Å². The first-order valence-electron chi connectivity index (χ1n) is 7.07. The number of aliphatic hydroxyl groups excluding tert-OH is 1. The Bertz CT molecular complexity index is 402. The second kappa shape index (κ2) is 5.83. The van der Waals surface area contributed by atoms with Crippen LogP contribution in [0.25, 0.3) is 0 Å². The highest BCUT2D eigenvalue weighted by Gasteiger charge is 2.31. The lowest BCUT2D eigenvalue weighted by molar-refractivity contribution is 0.0427. The first kappa shape index (κ1) is 13.5. The van der Waals surface area contributed by atoms with Crippen molar-refractivity contribution in [3.63, 3.8) is 0 Å². The lowest BCUT2D eigenvalue weighted by Crippen LogP contribution is -2.26. The summed E-state index contributed by atoms with van der Waals surface area (Å²) < 4.78 is 13.8. The van der Waals surface area contributed by atoms with Crippen molar-refractivity contribution in [1.29, 1.82) is 0 Å². The van der Waals surface area contributed by atoms with Gasteiger partial charge in [0.15, 0.2) is 0 Å². The van der Waals surface area contributed by atoms with Crippen molar-refractivity contribution in [2.45, 2.75) is 52.1 Å². The van der Waals surface area contributed by atoms with Gasteiger partial charge in [-0.2, -0.15) is 0 Å². The summed E-state index contributed by atoms with van der Waals surface area (Å²) in [6.07, 6.45) is 5.03. The molecular weight excluding hydrogens is 227 g/mol. The van der Waals surface area contributed by atoms with E-state index in [1.165, 1.54) is 18.9 Å². The number of benzene rings is 1. The smallest absolute Gasteiger partial charge is 0.129 e. The Hall–Kier alpha value is -0.890. The van der Waals surface area contributed by atoms with Crippen LogP contribution < -0.4 is 0 Å². The van der Waals surface area contributed by atoms with E-state index in [0.29, 0.717) is 11.5 Å². The van der Waals surface area contributed by atoms with Gasteiger partial charge in [0.05, 0.1) is 6.10 Å². The second-order valence-electron chi connectivity index (χ2n) is 5.59. The molecule has 3 atom stereocenters. The number of halogens is 1. The van der Waals surface area contributed by atoms with E-state index >= 15 is 0 Å². The summed E-state index contributed by atoms with van der Waals surface area (Å²) in [6, 6.07) is 5.02. The van der Waals surface area contributed by atoms with E-state index in [4.69, 9.17) is 0 Å². The quantitative estimate of drug-likeness (QED) is 0.843. The molecule has 1 aromatic carbocycles. The number of rotatable bonds is 3. The summed E-state index contributed by atoms with van der Waals surface area (Å²) in [6.45, 7) is 4.11. The standard InChI is InChI=1S/C16H23FO/c1-3-12-6-4-5-7-13(12)16(18)14-10-11(2)8-9-15(14)17/h8-10,12-13,16,18H,3-7H2,1-2H3. The van der Waals surface area contributed by atoms with E-state index in [-0.39, 0.29) is 11.7 Å². The number of aliphatic hydroxyl groups is 1. The second-order valence-corrected chi connectivity index (χ2v) is 5.59. The van der Waals surface area contributed by atoms with Crippen LogP contribution in [-0.2, 0) is 0 Å². The van der Waals surface area contributed by atoms with Gasteiger partial charge in [0, 0.05) is 5.56 Å². The van der Waals surface area contributed by atoms with Crippen molar-refractivity contribution in [2.24, 2.45) is 11.8 Å². The molecule has 1 aliphatic rings. The van der Waals surface area contributed by atoms with Gasteiger partial charge in [0.25, 0.3) is 0 Å². The Morgan fingerprint density at radius 3 is 2.78 bits per heavy atom. The SMILES string of the molecule is CCC1CCCCC1C(O)c1cc(C)ccc1F. The fraction of sp³-hybridized carbons (Fsp3) is 0.625. The minimum atomic E-state index is -0.643. The van der Waals surface area contributed by atoms with Crippen molar-refractivity contribution in [1.82, 2.24) is 0 Å². The third-order valence-corrected chi connectivity index (χ3v) is 4.37. The van der Waals surface area contributed by atoms with Gasteiger partial charge in [-0.3, -0.25) is 0 Å². The van der Waals surface area contributed by atoms with Gasteiger partial charge in [-0.1, -0.05) is 50.3 Å². The van der Waals surface area contributed by atoms with Gasteiger partial charge >= 0.3 is 0 Å². The third kappa shape index (κ3) is 2.74. The Kier molecular flexibility index (Phi) is 4.39. The number of aryl methyl sites for hydroxylation is 1. The van der Waals surface area contributed by atoms with Gasteiger partial charge in [-0.25, -0.2) is 4.39 Å². The maximum absolute atomic E-state index is 13.8. The Balaban J connectivity index is 2.23. The summed E-state index contributed by atoms with van der Waals surface area (Å²) in [4.78, 5) is 0. The first-order valence-corrected chi connectivity index (χ1v) is 7.07. The molecule has 0 saturated heterocycles. The van der Waals surface area contributed by atoms with Crippen LogP contribution in [-0.4, -0.2) is 5.11 Å². The minimum absolute atomic E-state index is 0.222. The summed E-state index contributed by atoms with van der Waals surface area (Å²) in [7, 11) is 0. The average Bonchev–Trinajstić information content (AvgIpc) is 2.40. The molecule has 2 rings (SSSR count). The Morgan fingerprint density at radius 2 is 2.06 bits per heavy atom. The van der Waals surface area contributed by atoms with E-state index in [9.17, 15) is 9.50 Å². The molecule has 0 bridgehead atoms. The molecule has 1 nitrogen and oxygen atoms in total.